The lowest BCUT2D eigenvalue weighted by Crippen LogP contribution is -2.45. The SMILES string of the molecule is CN[C@@H](CC(C)C)C(=O)NCC[C@H](N)C(=O)OC. The molecule has 18 heavy (non-hydrogen) atoms. The molecule has 0 saturated carbocycles. The van der Waals surface area contributed by atoms with Crippen molar-refractivity contribution in [2.45, 2.75) is 38.8 Å². The second-order valence-electron chi connectivity index (χ2n) is 4.68. The van der Waals surface area contributed by atoms with E-state index in [1.807, 2.05) is 0 Å². The number of nitrogens with two attached hydrogens (primary N) is 1. The van der Waals surface area contributed by atoms with Crippen molar-refractivity contribution in [2.75, 3.05) is 20.7 Å². The number of ether oxygens (including phenoxy) is 1. The molecule has 0 aliphatic rings. The van der Waals surface area contributed by atoms with Gasteiger partial charge in [-0.05, 0) is 25.8 Å². The zero-order valence-electron chi connectivity index (χ0n) is 11.7. The van der Waals surface area contributed by atoms with E-state index >= 15 is 0 Å². The number of carbonyl (C=O) groups excluding carboxylic acids is 2. The van der Waals surface area contributed by atoms with Crippen LogP contribution in [0.3, 0.4) is 0 Å². The van der Waals surface area contributed by atoms with E-state index in [-0.39, 0.29) is 11.9 Å². The highest BCUT2D eigenvalue weighted by atomic mass is 16.5. The molecule has 0 aromatic carbocycles. The Kier molecular flexibility index (Phi) is 8.32. The second kappa shape index (κ2) is 8.88. The van der Waals surface area contributed by atoms with Crippen molar-refractivity contribution in [2.24, 2.45) is 11.7 Å². The monoisotopic (exact) mass is 259 g/mol. The molecule has 4 N–H and O–H groups in total. The smallest absolute Gasteiger partial charge is 0.322 e. The van der Waals surface area contributed by atoms with Gasteiger partial charge in [-0.2, -0.15) is 0 Å². The number of hydrogen-bond acceptors (Lipinski definition) is 5. The largest absolute Gasteiger partial charge is 0.468 e. The van der Waals surface area contributed by atoms with Crippen LogP contribution in [0, 0.1) is 5.92 Å². The molecule has 106 valence electrons. The summed E-state index contributed by atoms with van der Waals surface area (Å²) in [6.07, 6.45) is 1.14. The van der Waals surface area contributed by atoms with Crippen LogP contribution in [0.15, 0.2) is 0 Å². The number of amides is 1. The summed E-state index contributed by atoms with van der Waals surface area (Å²) in [4.78, 5) is 22.9. The minimum atomic E-state index is -0.687. The molecule has 6 nitrogen and oxygen atoms in total. The molecule has 0 bridgehead atoms. The molecule has 0 aliphatic carbocycles. The highest BCUT2D eigenvalue weighted by Crippen LogP contribution is 2.04. The van der Waals surface area contributed by atoms with Gasteiger partial charge in [0.25, 0.3) is 0 Å². The van der Waals surface area contributed by atoms with Gasteiger partial charge in [0.15, 0.2) is 0 Å². The topological polar surface area (TPSA) is 93.5 Å². The lowest BCUT2D eigenvalue weighted by atomic mass is 10.0. The molecular formula is C12H25N3O3. The maximum absolute atomic E-state index is 11.8. The van der Waals surface area contributed by atoms with Gasteiger partial charge < -0.3 is 21.1 Å². The summed E-state index contributed by atoms with van der Waals surface area (Å²) >= 11 is 0. The van der Waals surface area contributed by atoms with Crippen LogP contribution in [0.2, 0.25) is 0 Å². The molecule has 0 aliphatic heterocycles. The number of hydrogen-bond donors (Lipinski definition) is 3. The zero-order chi connectivity index (χ0) is 14.1. The molecule has 6 heteroatoms. The minimum Gasteiger partial charge on any atom is -0.468 e. The number of nitrogens with one attached hydrogen (secondary N) is 2. The standard InChI is InChI=1S/C12H25N3O3/c1-8(2)7-10(14-3)11(16)15-6-5-9(13)12(17)18-4/h8-10,14H,5-7,13H2,1-4H3,(H,15,16)/t9-,10-/m0/s1. The maximum atomic E-state index is 11.8. The van der Waals surface area contributed by atoms with Crippen molar-refractivity contribution in [3.05, 3.63) is 0 Å². The lowest BCUT2D eigenvalue weighted by Gasteiger charge is -2.18. The van der Waals surface area contributed by atoms with Crippen molar-refractivity contribution in [3.8, 4) is 0 Å². The second-order valence-corrected chi connectivity index (χ2v) is 4.68. The van der Waals surface area contributed by atoms with Gasteiger partial charge in [-0.1, -0.05) is 13.8 Å². The molecule has 0 aromatic rings. The van der Waals surface area contributed by atoms with Gasteiger partial charge >= 0.3 is 5.97 Å². The van der Waals surface area contributed by atoms with Gasteiger partial charge in [-0.3, -0.25) is 9.59 Å². The summed E-state index contributed by atoms with van der Waals surface area (Å²) in [6.45, 7) is 4.49. The van der Waals surface area contributed by atoms with Crippen molar-refractivity contribution < 1.29 is 14.3 Å². The predicted octanol–water partition coefficient (Wildman–Crippen LogP) is -0.373. The van der Waals surface area contributed by atoms with Crippen LogP contribution in [0.4, 0.5) is 0 Å². The summed E-state index contributed by atoms with van der Waals surface area (Å²) < 4.78 is 4.50. The predicted molar refractivity (Wildman–Crippen MR) is 69.9 cm³/mol. The van der Waals surface area contributed by atoms with Crippen LogP contribution in [0.5, 0.6) is 0 Å². The van der Waals surface area contributed by atoms with Gasteiger partial charge in [0.05, 0.1) is 13.2 Å². The summed E-state index contributed by atoms with van der Waals surface area (Å²) in [5.41, 5.74) is 5.56. The fourth-order valence-electron chi connectivity index (χ4n) is 1.57. The Balaban J connectivity index is 3.97. The Labute approximate surface area is 109 Å². The molecule has 0 aromatic heterocycles. The van der Waals surface area contributed by atoms with Crippen LogP contribution in [-0.4, -0.2) is 44.7 Å². The molecule has 0 spiro atoms. The lowest BCUT2D eigenvalue weighted by molar-refractivity contribution is -0.142. The quantitative estimate of drug-likeness (QED) is 0.517. The molecule has 0 radical (unpaired) electrons. The Morgan fingerprint density at radius 3 is 2.39 bits per heavy atom. The third-order valence-electron chi connectivity index (χ3n) is 2.63. The molecule has 0 fully saturated rings. The highest BCUT2D eigenvalue weighted by Gasteiger charge is 2.18. The van der Waals surface area contributed by atoms with Gasteiger partial charge in [0.2, 0.25) is 5.91 Å². The minimum absolute atomic E-state index is 0.0664. The number of likely N-dealkylation sites (N-methyl/N-ethyl adjacent to an activating group) is 1. The zero-order valence-corrected chi connectivity index (χ0v) is 11.7. The summed E-state index contributed by atoms with van der Waals surface area (Å²) in [7, 11) is 3.05. The first-order valence-electron chi connectivity index (χ1n) is 6.20. The van der Waals surface area contributed by atoms with Crippen molar-refractivity contribution >= 4 is 11.9 Å². The van der Waals surface area contributed by atoms with Gasteiger partial charge in [0, 0.05) is 6.54 Å². The molecular weight excluding hydrogens is 234 g/mol. The first-order valence-corrected chi connectivity index (χ1v) is 6.20. The Morgan fingerprint density at radius 1 is 1.33 bits per heavy atom. The number of rotatable bonds is 8. The normalized spacial score (nSPS) is 14.1. The maximum Gasteiger partial charge on any atom is 0.322 e. The molecule has 0 saturated heterocycles. The third-order valence-corrected chi connectivity index (χ3v) is 2.63. The highest BCUT2D eigenvalue weighted by molar-refractivity contribution is 5.81. The third kappa shape index (κ3) is 6.56. The van der Waals surface area contributed by atoms with E-state index in [0.29, 0.717) is 18.9 Å². The fraction of sp³-hybridized carbons (Fsp3) is 0.833. The first kappa shape index (κ1) is 16.9. The molecule has 2 atom stereocenters. The summed E-state index contributed by atoms with van der Waals surface area (Å²) in [5, 5.41) is 5.73. The van der Waals surface area contributed by atoms with Crippen molar-refractivity contribution in [1.29, 1.82) is 0 Å². The molecule has 0 rings (SSSR count). The van der Waals surface area contributed by atoms with E-state index in [2.05, 4.69) is 29.2 Å². The van der Waals surface area contributed by atoms with E-state index in [0.717, 1.165) is 6.42 Å². The molecule has 0 heterocycles. The van der Waals surface area contributed by atoms with Crippen LogP contribution in [-0.2, 0) is 14.3 Å². The Bertz CT molecular complexity index is 269. The average Bonchev–Trinajstić information content (AvgIpc) is 2.34. The van der Waals surface area contributed by atoms with E-state index < -0.39 is 12.0 Å². The van der Waals surface area contributed by atoms with Crippen LogP contribution in [0.1, 0.15) is 26.7 Å². The number of methoxy groups -OCH3 is 1. The summed E-state index contributed by atoms with van der Waals surface area (Å²) in [6, 6.07) is -0.896. The molecule has 1 amide bonds. The summed E-state index contributed by atoms with van der Waals surface area (Å²) in [5.74, 6) is -0.0922. The number of carbonyl (C=O) groups is 2. The van der Waals surface area contributed by atoms with Gasteiger partial charge in [-0.25, -0.2) is 0 Å². The van der Waals surface area contributed by atoms with Crippen molar-refractivity contribution in [1.82, 2.24) is 10.6 Å². The van der Waals surface area contributed by atoms with E-state index in [1.165, 1.54) is 7.11 Å². The fourth-order valence-corrected chi connectivity index (χ4v) is 1.57. The van der Waals surface area contributed by atoms with Gasteiger partial charge in [-0.15, -0.1) is 0 Å². The van der Waals surface area contributed by atoms with Crippen LogP contribution < -0.4 is 16.4 Å². The van der Waals surface area contributed by atoms with E-state index in [1.54, 1.807) is 7.05 Å². The van der Waals surface area contributed by atoms with E-state index in [4.69, 9.17) is 5.73 Å². The van der Waals surface area contributed by atoms with Gasteiger partial charge in [0.1, 0.15) is 6.04 Å². The van der Waals surface area contributed by atoms with Crippen molar-refractivity contribution in [3.63, 3.8) is 0 Å². The Hall–Kier alpha value is -1.14. The average molecular weight is 259 g/mol. The van der Waals surface area contributed by atoms with E-state index in [9.17, 15) is 9.59 Å². The Morgan fingerprint density at radius 2 is 1.94 bits per heavy atom. The molecule has 0 unspecified atom stereocenters. The van der Waals surface area contributed by atoms with Crippen LogP contribution >= 0.6 is 0 Å². The number of esters is 1. The van der Waals surface area contributed by atoms with Crippen LogP contribution in [0.25, 0.3) is 0 Å². The first-order chi connectivity index (χ1) is 8.42.